The van der Waals surface area contributed by atoms with Gasteiger partial charge in [0.05, 0.1) is 6.10 Å². The molecule has 2 rings (SSSR count). The van der Waals surface area contributed by atoms with E-state index in [4.69, 9.17) is 10.5 Å². The average molecular weight is 333 g/mol. The molecular formula is C17H23N3O2S. The molecule has 3 N–H and O–H groups in total. The Morgan fingerprint density at radius 3 is 2.57 bits per heavy atom. The summed E-state index contributed by atoms with van der Waals surface area (Å²) < 4.78 is 5.62. The number of amides is 1. The fraction of sp³-hybridized carbons (Fsp3) is 0.412. The summed E-state index contributed by atoms with van der Waals surface area (Å²) in [6.45, 7) is 8.10. The van der Waals surface area contributed by atoms with E-state index >= 15 is 0 Å². The van der Waals surface area contributed by atoms with Crippen LogP contribution in [0.2, 0.25) is 0 Å². The molecule has 2 aromatic rings. The van der Waals surface area contributed by atoms with Crippen molar-refractivity contribution in [3.8, 4) is 16.3 Å². The van der Waals surface area contributed by atoms with Crippen LogP contribution in [0.5, 0.6) is 5.75 Å². The number of thiazole rings is 1. The molecule has 0 radical (unpaired) electrons. The average Bonchev–Trinajstić information content (AvgIpc) is 2.94. The molecule has 0 aliphatic heterocycles. The van der Waals surface area contributed by atoms with Crippen molar-refractivity contribution < 1.29 is 9.53 Å². The molecule has 0 fully saturated rings. The standard InChI is InChI=1S/C17H23N3O2S/c1-11(2)22-13-7-5-12(6-8-13)16-20-14(9-23-16)15(21)19-10-17(3,4)18/h5-9,11H,10,18H2,1-4H3,(H,19,21). The molecule has 0 bridgehead atoms. The van der Waals surface area contributed by atoms with Gasteiger partial charge in [-0.25, -0.2) is 4.98 Å². The summed E-state index contributed by atoms with van der Waals surface area (Å²) in [5, 5.41) is 5.36. The number of nitrogens with one attached hydrogen (secondary N) is 1. The summed E-state index contributed by atoms with van der Waals surface area (Å²) in [7, 11) is 0. The van der Waals surface area contributed by atoms with Crippen LogP contribution >= 0.6 is 11.3 Å². The second-order valence-electron chi connectivity index (χ2n) is 6.40. The van der Waals surface area contributed by atoms with Gasteiger partial charge in [-0.2, -0.15) is 0 Å². The lowest BCUT2D eigenvalue weighted by molar-refractivity contribution is 0.0942. The first-order valence-corrected chi connectivity index (χ1v) is 8.42. The predicted molar refractivity (Wildman–Crippen MR) is 93.9 cm³/mol. The van der Waals surface area contributed by atoms with E-state index in [-0.39, 0.29) is 12.0 Å². The third-order valence-corrected chi connectivity index (χ3v) is 3.81. The van der Waals surface area contributed by atoms with Crippen LogP contribution in [0.4, 0.5) is 0 Å². The Kier molecular flexibility index (Phi) is 5.38. The van der Waals surface area contributed by atoms with E-state index < -0.39 is 5.54 Å². The zero-order chi connectivity index (χ0) is 17.0. The van der Waals surface area contributed by atoms with Crippen molar-refractivity contribution in [1.82, 2.24) is 10.3 Å². The third kappa shape index (κ3) is 5.33. The van der Waals surface area contributed by atoms with Crippen molar-refractivity contribution in [1.29, 1.82) is 0 Å². The van der Waals surface area contributed by atoms with Gasteiger partial charge in [0.2, 0.25) is 0 Å². The molecule has 23 heavy (non-hydrogen) atoms. The number of carbonyl (C=O) groups excluding carboxylic acids is 1. The Balaban J connectivity index is 2.05. The summed E-state index contributed by atoms with van der Waals surface area (Å²) in [5.41, 5.74) is 6.79. The van der Waals surface area contributed by atoms with Gasteiger partial charge in [0, 0.05) is 23.0 Å². The number of carbonyl (C=O) groups is 1. The zero-order valence-electron chi connectivity index (χ0n) is 13.9. The van der Waals surface area contributed by atoms with Crippen molar-refractivity contribution in [3.63, 3.8) is 0 Å². The number of hydrogen-bond donors (Lipinski definition) is 2. The van der Waals surface area contributed by atoms with Crippen LogP contribution in [0.3, 0.4) is 0 Å². The number of benzene rings is 1. The minimum Gasteiger partial charge on any atom is -0.491 e. The second kappa shape index (κ2) is 7.10. The number of rotatable bonds is 6. The first-order valence-electron chi connectivity index (χ1n) is 7.54. The van der Waals surface area contributed by atoms with Crippen molar-refractivity contribution in [2.75, 3.05) is 6.54 Å². The maximum atomic E-state index is 12.1. The van der Waals surface area contributed by atoms with Crippen molar-refractivity contribution in [2.24, 2.45) is 5.73 Å². The lowest BCUT2D eigenvalue weighted by Gasteiger charge is -2.18. The van der Waals surface area contributed by atoms with Gasteiger partial charge in [-0.05, 0) is 52.0 Å². The first kappa shape index (κ1) is 17.4. The Hall–Kier alpha value is -1.92. The van der Waals surface area contributed by atoms with E-state index in [2.05, 4.69) is 10.3 Å². The lowest BCUT2D eigenvalue weighted by Crippen LogP contribution is -2.45. The number of nitrogens with zero attached hydrogens (tertiary/aromatic N) is 1. The highest BCUT2D eigenvalue weighted by Gasteiger charge is 2.16. The third-order valence-electron chi connectivity index (χ3n) is 2.91. The van der Waals surface area contributed by atoms with Gasteiger partial charge in [0.15, 0.2) is 0 Å². The molecule has 1 aromatic heterocycles. The molecule has 5 nitrogen and oxygen atoms in total. The SMILES string of the molecule is CC(C)Oc1ccc(-c2nc(C(=O)NCC(C)(C)N)cs2)cc1. The molecule has 0 saturated heterocycles. The summed E-state index contributed by atoms with van der Waals surface area (Å²) in [6, 6.07) is 7.71. The number of hydrogen-bond acceptors (Lipinski definition) is 5. The van der Waals surface area contributed by atoms with E-state index in [1.54, 1.807) is 5.38 Å². The molecule has 124 valence electrons. The molecule has 0 spiro atoms. The molecule has 0 aliphatic rings. The van der Waals surface area contributed by atoms with Gasteiger partial charge in [0.1, 0.15) is 16.5 Å². The fourth-order valence-corrected chi connectivity index (χ4v) is 2.66. The second-order valence-corrected chi connectivity index (χ2v) is 7.26. The molecule has 1 aromatic carbocycles. The van der Waals surface area contributed by atoms with E-state index in [1.165, 1.54) is 11.3 Å². The Labute approximate surface area is 140 Å². The zero-order valence-corrected chi connectivity index (χ0v) is 14.7. The van der Waals surface area contributed by atoms with E-state index in [1.807, 2.05) is 52.0 Å². The van der Waals surface area contributed by atoms with Crippen molar-refractivity contribution >= 4 is 17.2 Å². The predicted octanol–water partition coefficient (Wildman–Crippen LogP) is 3.06. The maximum absolute atomic E-state index is 12.1. The summed E-state index contributed by atoms with van der Waals surface area (Å²) in [4.78, 5) is 16.5. The molecule has 0 saturated carbocycles. The van der Waals surface area contributed by atoms with Crippen molar-refractivity contribution in [3.05, 3.63) is 35.3 Å². The van der Waals surface area contributed by atoms with Gasteiger partial charge >= 0.3 is 0 Å². The van der Waals surface area contributed by atoms with Crippen molar-refractivity contribution in [2.45, 2.75) is 39.3 Å². The number of aromatic nitrogens is 1. The molecule has 0 atom stereocenters. The quantitative estimate of drug-likeness (QED) is 0.852. The molecule has 1 amide bonds. The van der Waals surface area contributed by atoms with Gasteiger partial charge < -0.3 is 15.8 Å². The Morgan fingerprint density at radius 2 is 2.00 bits per heavy atom. The highest BCUT2D eigenvalue weighted by atomic mass is 32.1. The number of ether oxygens (including phenoxy) is 1. The highest BCUT2D eigenvalue weighted by Crippen LogP contribution is 2.26. The Bertz CT molecular complexity index is 657. The Morgan fingerprint density at radius 1 is 1.35 bits per heavy atom. The van der Waals surface area contributed by atoms with Gasteiger partial charge in [-0.1, -0.05) is 0 Å². The maximum Gasteiger partial charge on any atom is 0.270 e. The minimum absolute atomic E-state index is 0.141. The minimum atomic E-state index is -0.444. The van der Waals surface area contributed by atoms with Gasteiger partial charge in [0.25, 0.3) is 5.91 Å². The van der Waals surface area contributed by atoms with Crippen LogP contribution in [0, 0.1) is 0 Å². The normalized spacial score (nSPS) is 11.6. The largest absolute Gasteiger partial charge is 0.491 e. The fourth-order valence-electron chi connectivity index (χ4n) is 1.86. The molecular weight excluding hydrogens is 310 g/mol. The van der Waals surface area contributed by atoms with Gasteiger partial charge in [-0.15, -0.1) is 11.3 Å². The lowest BCUT2D eigenvalue weighted by atomic mass is 10.1. The van der Waals surface area contributed by atoms with Crippen LogP contribution in [0.15, 0.2) is 29.6 Å². The number of nitrogens with two attached hydrogens (primary N) is 1. The summed E-state index contributed by atoms with van der Waals surface area (Å²) >= 11 is 1.44. The molecule has 6 heteroatoms. The van der Waals surface area contributed by atoms with E-state index in [9.17, 15) is 4.79 Å². The monoisotopic (exact) mass is 333 g/mol. The summed E-state index contributed by atoms with van der Waals surface area (Å²) in [6.07, 6.45) is 0.141. The molecule has 0 unspecified atom stereocenters. The summed E-state index contributed by atoms with van der Waals surface area (Å²) in [5.74, 6) is 0.620. The molecule has 1 heterocycles. The smallest absolute Gasteiger partial charge is 0.270 e. The van der Waals surface area contributed by atoms with Crippen LogP contribution in [-0.4, -0.2) is 29.1 Å². The topological polar surface area (TPSA) is 77.2 Å². The van der Waals surface area contributed by atoms with E-state index in [0.717, 1.165) is 16.3 Å². The van der Waals surface area contributed by atoms with Crippen LogP contribution in [-0.2, 0) is 0 Å². The van der Waals surface area contributed by atoms with Crippen LogP contribution < -0.4 is 15.8 Å². The van der Waals surface area contributed by atoms with Crippen LogP contribution in [0.25, 0.3) is 10.6 Å². The van der Waals surface area contributed by atoms with Gasteiger partial charge in [-0.3, -0.25) is 4.79 Å². The van der Waals surface area contributed by atoms with Crippen LogP contribution in [0.1, 0.15) is 38.2 Å². The molecule has 0 aliphatic carbocycles. The first-order chi connectivity index (χ1) is 10.7. The highest BCUT2D eigenvalue weighted by molar-refractivity contribution is 7.13. The van der Waals surface area contributed by atoms with E-state index in [0.29, 0.717) is 12.2 Å².